The largest absolute Gasteiger partial charge is 0.506 e. The molecule has 1 saturated heterocycles. The second-order valence-corrected chi connectivity index (χ2v) is 4.93. The van der Waals surface area contributed by atoms with Crippen molar-refractivity contribution in [1.82, 2.24) is 9.97 Å². The van der Waals surface area contributed by atoms with Gasteiger partial charge in [0, 0.05) is 23.7 Å². The Bertz CT molecular complexity index is 618. The Morgan fingerprint density at radius 3 is 2.64 bits per heavy atom. The summed E-state index contributed by atoms with van der Waals surface area (Å²) in [6.07, 6.45) is 2.55. The molecule has 0 radical (unpaired) electrons. The number of anilines is 1. The third-order valence-corrected chi connectivity index (χ3v) is 3.02. The number of rotatable bonds is 2. The molecule has 2 aromatic rings. The van der Waals surface area contributed by atoms with Crippen molar-refractivity contribution in [2.24, 2.45) is 0 Å². The van der Waals surface area contributed by atoms with E-state index in [0.29, 0.717) is 43.0 Å². The molecule has 0 unspecified atom stereocenters. The first-order valence-corrected chi connectivity index (χ1v) is 7.30. The summed E-state index contributed by atoms with van der Waals surface area (Å²) in [4.78, 5) is 13.9. The maximum atomic E-state index is 12.6. The van der Waals surface area contributed by atoms with Gasteiger partial charge in [0.05, 0.1) is 30.3 Å². The smallest absolute Gasteiger partial charge is 0.274 e. The molecule has 0 aliphatic carbocycles. The fraction of sp³-hybridized carbons (Fsp3) is 0.467. The van der Waals surface area contributed by atoms with Crippen molar-refractivity contribution in [2.45, 2.75) is 20.3 Å². The minimum absolute atomic E-state index is 0.0632. The van der Waals surface area contributed by atoms with Gasteiger partial charge in [-0.25, -0.2) is 0 Å². The van der Waals surface area contributed by atoms with Gasteiger partial charge in [-0.1, -0.05) is 20.3 Å². The summed E-state index contributed by atoms with van der Waals surface area (Å²) < 4.78 is 17.9. The van der Waals surface area contributed by atoms with Crippen molar-refractivity contribution in [3.8, 4) is 11.6 Å². The van der Waals surface area contributed by atoms with Gasteiger partial charge in [-0.15, -0.1) is 0 Å². The molecule has 0 amide bonds. The molecule has 120 valence electrons. The van der Waals surface area contributed by atoms with Gasteiger partial charge in [0.15, 0.2) is 0 Å². The third kappa shape index (κ3) is 3.73. The Balaban J connectivity index is 0.000000545. The summed E-state index contributed by atoms with van der Waals surface area (Å²) in [6.45, 7) is 6.83. The zero-order valence-corrected chi connectivity index (χ0v) is 12.8. The summed E-state index contributed by atoms with van der Waals surface area (Å²) in [7, 11) is 0. The monoisotopic (exact) mass is 309 g/mol. The fourth-order valence-corrected chi connectivity index (χ4v) is 2.08. The van der Waals surface area contributed by atoms with Crippen LogP contribution in [0.1, 0.15) is 20.3 Å². The second kappa shape index (κ2) is 7.74. The van der Waals surface area contributed by atoms with Crippen molar-refractivity contribution in [3.63, 3.8) is 0 Å². The number of ether oxygens (including phenoxy) is 1. The molecule has 3 rings (SSSR count). The van der Waals surface area contributed by atoms with E-state index in [4.69, 9.17) is 4.74 Å². The highest BCUT2D eigenvalue weighted by Gasteiger charge is 2.17. The van der Waals surface area contributed by atoms with Crippen molar-refractivity contribution >= 4 is 16.7 Å². The first-order valence-electron chi connectivity index (χ1n) is 7.30. The van der Waals surface area contributed by atoms with E-state index < -0.39 is 0 Å². The number of aromatic hydroxyl groups is 1. The van der Waals surface area contributed by atoms with Crippen molar-refractivity contribution in [1.29, 1.82) is 0 Å². The Kier molecular flexibility index (Phi) is 5.71. The minimum Gasteiger partial charge on any atom is -0.506 e. The zero-order chi connectivity index (χ0) is 15.9. The molecule has 0 saturated carbocycles. The van der Waals surface area contributed by atoms with E-state index in [1.807, 2.05) is 4.90 Å². The zero-order valence-electron chi connectivity index (χ0n) is 12.8. The number of morpholine rings is 1. The van der Waals surface area contributed by atoms with E-state index in [1.165, 1.54) is 18.7 Å². The third-order valence-electron chi connectivity index (χ3n) is 3.02. The normalized spacial score (nSPS) is 14.4. The number of halogens is 1. The van der Waals surface area contributed by atoms with Crippen LogP contribution >= 0.6 is 0 Å². The average Bonchev–Trinajstić information content (AvgIpc) is 2.55. The van der Waals surface area contributed by atoms with E-state index in [2.05, 4.69) is 28.8 Å². The molecule has 0 spiro atoms. The quantitative estimate of drug-likeness (QED) is 0.920. The van der Waals surface area contributed by atoms with Crippen LogP contribution in [0.4, 0.5) is 10.3 Å². The molecule has 7 heteroatoms. The van der Waals surface area contributed by atoms with Crippen molar-refractivity contribution < 1.29 is 19.3 Å². The summed E-state index contributed by atoms with van der Waals surface area (Å²) in [6, 6.07) is 3.11. The van der Waals surface area contributed by atoms with Crippen LogP contribution in [0.15, 0.2) is 18.3 Å². The van der Waals surface area contributed by atoms with Crippen LogP contribution in [-0.2, 0) is 4.74 Å². The Hall–Kier alpha value is -2.15. The lowest BCUT2D eigenvalue weighted by molar-refractivity contribution is -0.00968. The van der Waals surface area contributed by atoms with Crippen LogP contribution in [0.3, 0.4) is 0 Å². The lowest BCUT2D eigenvalue weighted by atomic mass is 10.2. The molecule has 1 fully saturated rings. The summed E-state index contributed by atoms with van der Waals surface area (Å²) in [5, 5.41) is 9.71. The Morgan fingerprint density at radius 2 is 2.00 bits per heavy atom. The molecule has 0 atom stereocenters. The van der Waals surface area contributed by atoms with E-state index in [0.717, 1.165) is 0 Å². The highest BCUT2D eigenvalue weighted by molar-refractivity contribution is 5.86. The average molecular weight is 309 g/mol. The van der Waals surface area contributed by atoms with E-state index >= 15 is 0 Å². The van der Waals surface area contributed by atoms with Gasteiger partial charge < -0.3 is 14.7 Å². The fourth-order valence-electron chi connectivity index (χ4n) is 2.08. The first-order chi connectivity index (χ1) is 10.7. The maximum Gasteiger partial charge on any atom is 0.274 e. The van der Waals surface area contributed by atoms with Gasteiger partial charge in [-0.2, -0.15) is 4.98 Å². The van der Waals surface area contributed by atoms with Crippen LogP contribution in [0, 0.1) is 0 Å². The predicted octanol–water partition coefficient (Wildman–Crippen LogP) is 2.85. The molecular weight excluding hydrogens is 289 g/mol. The van der Waals surface area contributed by atoms with Crippen LogP contribution < -0.4 is 9.84 Å². The minimum atomic E-state index is -0.192. The molecule has 0 bridgehead atoms. The number of nitrogens with zero attached hydrogens (tertiary/aromatic N) is 3. The topological polar surface area (TPSA) is 67.7 Å². The van der Waals surface area contributed by atoms with Crippen LogP contribution in [0.2, 0.25) is 0 Å². The molecule has 6 nitrogen and oxygen atoms in total. The lowest BCUT2D eigenvalue weighted by Gasteiger charge is -2.27. The highest BCUT2D eigenvalue weighted by Crippen LogP contribution is 2.29. The Labute approximate surface area is 128 Å². The van der Waals surface area contributed by atoms with Crippen molar-refractivity contribution in [3.05, 3.63) is 18.3 Å². The molecule has 2 aromatic heterocycles. The maximum absolute atomic E-state index is 12.6. The highest BCUT2D eigenvalue weighted by atomic mass is 19.3. The second-order valence-electron chi connectivity index (χ2n) is 4.93. The van der Waals surface area contributed by atoms with E-state index in [9.17, 15) is 9.63 Å². The van der Waals surface area contributed by atoms with Gasteiger partial charge in [-0.05, 0) is 6.07 Å². The van der Waals surface area contributed by atoms with Crippen molar-refractivity contribution in [2.75, 3.05) is 31.2 Å². The molecule has 22 heavy (non-hydrogen) atoms. The number of fused-ring (bicyclic) bond motifs is 1. The first kappa shape index (κ1) is 16.2. The molecule has 3 heterocycles. The number of aromatic nitrogens is 2. The molecule has 1 aliphatic rings. The van der Waals surface area contributed by atoms with E-state index in [1.54, 1.807) is 6.07 Å². The summed E-state index contributed by atoms with van der Waals surface area (Å²) in [5.74, 6) is 0.329. The standard InChI is InChI=1S/C12H12FN3O3.C3H8/c13-19-12-9-5-8(17)7-14-10(9)6-11(15-12)16-1-3-18-4-2-16;1-3-2/h5-7,17H,1-4H2;3H2,1-2H3. The van der Waals surface area contributed by atoms with Gasteiger partial charge >= 0.3 is 0 Å². The van der Waals surface area contributed by atoms with Gasteiger partial charge in [0.1, 0.15) is 11.6 Å². The molecule has 1 N–H and O–H groups in total. The number of hydrogen-bond acceptors (Lipinski definition) is 6. The molecule has 0 aromatic carbocycles. The van der Waals surface area contributed by atoms with Gasteiger partial charge in [-0.3, -0.25) is 9.93 Å². The number of hydrogen-bond donors (Lipinski definition) is 1. The van der Waals surface area contributed by atoms with Gasteiger partial charge in [0.25, 0.3) is 5.88 Å². The molecular formula is C15H20FN3O3. The predicted molar refractivity (Wildman–Crippen MR) is 81.9 cm³/mol. The summed E-state index contributed by atoms with van der Waals surface area (Å²) >= 11 is 0. The Morgan fingerprint density at radius 1 is 1.32 bits per heavy atom. The van der Waals surface area contributed by atoms with E-state index in [-0.39, 0.29) is 11.6 Å². The summed E-state index contributed by atoms with van der Waals surface area (Å²) in [5.41, 5.74) is 0.516. The SMILES string of the molecule is CCC.Oc1cnc2cc(N3CCOCC3)nc(OF)c2c1. The van der Waals surface area contributed by atoms with Gasteiger partial charge in [0.2, 0.25) is 0 Å². The van der Waals surface area contributed by atoms with Crippen LogP contribution in [0.25, 0.3) is 10.9 Å². The molecule has 1 aliphatic heterocycles. The number of pyridine rings is 2. The van der Waals surface area contributed by atoms with Crippen LogP contribution in [0.5, 0.6) is 11.6 Å². The van der Waals surface area contributed by atoms with Crippen LogP contribution in [-0.4, -0.2) is 41.4 Å². The lowest BCUT2D eigenvalue weighted by Crippen LogP contribution is -2.36.